The Bertz CT molecular complexity index is 485. The summed E-state index contributed by atoms with van der Waals surface area (Å²) >= 11 is 0. The van der Waals surface area contributed by atoms with E-state index in [1.165, 1.54) is 0 Å². The summed E-state index contributed by atoms with van der Waals surface area (Å²) < 4.78 is 0. The van der Waals surface area contributed by atoms with Crippen molar-refractivity contribution in [1.29, 1.82) is 0 Å². The van der Waals surface area contributed by atoms with Gasteiger partial charge in [-0.2, -0.15) is 0 Å². The van der Waals surface area contributed by atoms with Gasteiger partial charge in [-0.3, -0.25) is 4.79 Å². The minimum Gasteiger partial charge on any atom is -0.382 e. The van der Waals surface area contributed by atoms with Crippen molar-refractivity contribution in [1.82, 2.24) is 10.2 Å². The summed E-state index contributed by atoms with van der Waals surface area (Å²) in [5, 5.41) is 9.72. The van der Waals surface area contributed by atoms with Crippen LogP contribution >= 0.6 is 0 Å². The van der Waals surface area contributed by atoms with Gasteiger partial charge < -0.3 is 20.9 Å². The predicted octanol–water partition coefficient (Wildman–Crippen LogP) is 1.98. The quantitative estimate of drug-likeness (QED) is 0.750. The number of anilines is 2. The first-order chi connectivity index (χ1) is 10.2. The Kier molecular flexibility index (Phi) is 5.44. The number of benzene rings is 1. The van der Waals surface area contributed by atoms with Crippen LogP contribution in [0.1, 0.15) is 31.1 Å². The van der Waals surface area contributed by atoms with Crippen molar-refractivity contribution in [3.8, 4) is 0 Å². The van der Waals surface area contributed by atoms with Gasteiger partial charge in [-0.05, 0) is 32.1 Å². The molecule has 1 aromatic carbocycles. The average Bonchev–Trinajstić information content (AvgIpc) is 2.51. The van der Waals surface area contributed by atoms with Crippen molar-refractivity contribution >= 4 is 17.3 Å². The molecule has 0 spiro atoms. The summed E-state index contributed by atoms with van der Waals surface area (Å²) in [4.78, 5) is 14.8. The molecule has 0 radical (unpaired) electrons. The number of rotatable bonds is 6. The van der Waals surface area contributed by atoms with Gasteiger partial charge in [0.05, 0.1) is 16.9 Å². The number of nitrogens with one attached hydrogen (secondary N) is 3. The van der Waals surface area contributed by atoms with E-state index in [4.69, 9.17) is 0 Å². The van der Waals surface area contributed by atoms with Crippen molar-refractivity contribution in [2.75, 3.05) is 43.4 Å². The number of carbonyl (C=O) groups excluding carboxylic acids is 1. The Morgan fingerprint density at radius 1 is 1.29 bits per heavy atom. The summed E-state index contributed by atoms with van der Waals surface area (Å²) in [5.74, 6) is -0.0114. The zero-order valence-electron chi connectivity index (χ0n) is 13.2. The molecule has 0 saturated carbocycles. The highest BCUT2D eigenvalue weighted by Crippen LogP contribution is 2.28. The highest BCUT2D eigenvalue weighted by molar-refractivity contribution is 6.02. The molecule has 5 heteroatoms. The third-order valence-electron chi connectivity index (χ3n) is 3.86. The fraction of sp³-hybridized carbons (Fsp3) is 0.562. The summed E-state index contributed by atoms with van der Waals surface area (Å²) in [5.41, 5.74) is 2.63. The van der Waals surface area contributed by atoms with Crippen LogP contribution in [0.5, 0.6) is 0 Å². The van der Waals surface area contributed by atoms with Crippen LogP contribution in [0.3, 0.4) is 0 Å². The molecular weight excluding hydrogens is 264 g/mol. The predicted molar refractivity (Wildman–Crippen MR) is 88.1 cm³/mol. The number of fused-ring (bicyclic) bond motifs is 1. The molecule has 0 saturated heterocycles. The molecule has 1 heterocycles. The lowest BCUT2D eigenvalue weighted by Gasteiger charge is -2.25. The fourth-order valence-corrected chi connectivity index (χ4v) is 2.68. The lowest BCUT2D eigenvalue weighted by Crippen LogP contribution is -2.42. The van der Waals surface area contributed by atoms with E-state index in [-0.39, 0.29) is 11.9 Å². The minimum absolute atomic E-state index is 0.0114. The second-order valence-electron chi connectivity index (χ2n) is 5.44. The minimum atomic E-state index is -0.0114. The van der Waals surface area contributed by atoms with E-state index in [2.05, 4.69) is 41.6 Å². The standard InChI is InChI=1S/C16H26N4O/c1-4-20(5-2)11-12(3)19-16(21)13-7-6-8-14-15(13)18-10-9-17-14/h6-8,12,17-18H,4-5,9-11H2,1-3H3,(H,19,21). The number of likely N-dealkylation sites (N-methyl/N-ethyl adjacent to an activating group) is 1. The Balaban J connectivity index is 2.03. The van der Waals surface area contributed by atoms with Crippen LogP contribution in [-0.4, -0.2) is 49.6 Å². The van der Waals surface area contributed by atoms with Crippen molar-refractivity contribution in [2.45, 2.75) is 26.8 Å². The lowest BCUT2D eigenvalue weighted by atomic mass is 10.1. The molecule has 3 N–H and O–H groups in total. The Morgan fingerprint density at radius 2 is 2.00 bits per heavy atom. The third-order valence-corrected chi connectivity index (χ3v) is 3.86. The van der Waals surface area contributed by atoms with Gasteiger partial charge in [0.1, 0.15) is 0 Å². The Labute approximate surface area is 127 Å². The van der Waals surface area contributed by atoms with E-state index in [9.17, 15) is 4.79 Å². The number of carbonyl (C=O) groups is 1. The van der Waals surface area contributed by atoms with Gasteiger partial charge in [0.15, 0.2) is 0 Å². The lowest BCUT2D eigenvalue weighted by molar-refractivity contribution is 0.0931. The third kappa shape index (κ3) is 3.88. The zero-order chi connectivity index (χ0) is 15.2. The van der Waals surface area contributed by atoms with Crippen LogP contribution in [0, 0.1) is 0 Å². The van der Waals surface area contributed by atoms with Gasteiger partial charge in [-0.1, -0.05) is 19.9 Å². The van der Waals surface area contributed by atoms with Crippen LogP contribution in [0.15, 0.2) is 18.2 Å². The van der Waals surface area contributed by atoms with Crippen LogP contribution in [-0.2, 0) is 0 Å². The number of para-hydroxylation sites is 1. The van der Waals surface area contributed by atoms with Gasteiger partial charge in [0.25, 0.3) is 5.91 Å². The molecule has 21 heavy (non-hydrogen) atoms. The second-order valence-corrected chi connectivity index (χ2v) is 5.44. The molecule has 2 rings (SSSR count). The van der Waals surface area contributed by atoms with Crippen LogP contribution in [0.2, 0.25) is 0 Å². The van der Waals surface area contributed by atoms with E-state index >= 15 is 0 Å². The molecule has 1 aliphatic heterocycles. The van der Waals surface area contributed by atoms with E-state index in [0.717, 1.165) is 44.1 Å². The van der Waals surface area contributed by atoms with Gasteiger partial charge in [0.2, 0.25) is 0 Å². The monoisotopic (exact) mass is 290 g/mol. The van der Waals surface area contributed by atoms with Crippen LogP contribution in [0.25, 0.3) is 0 Å². The molecule has 0 bridgehead atoms. The summed E-state index contributed by atoms with van der Waals surface area (Å²) in [6.07, 6.45) is 0. The van der Waals surface area contributed by atoms with E-state index in [1.807, 2.05) is 18.2 Å². The van der Waals surface area contributed by atoms with E-state index in [0.29, 0.717) is 5.56 Å². The largest absolute Gasteiger partial charge is 0.382 e. The molecule has 1 unspecified atom stereocenters. The van der Waals surface area contributed by atoms with Gasteiger partial charge in [0, 0.05) is 25.7 Å². The van der Waals surface area contributed by atoms with Crippen molar-refractivity contribution in [2.24, 2.45) is 0 Å². The molecule has 1 aromatic rings. The summed E-state index contributed by atoms with van der Waals surface area (Å²) in [7, 11) is 0. The number of hydrogen-bond donors (Lipinski definition) is 3. The average molecular weight is 290 g/mol. The number of nitrogens with zero attached hydrogens (tertiary/aromatic N) is 1. The zero-order valence-corrected chi connectivity index (χ0v) is 13.2. The fourth-order valence-electron chi connectivity index (χ4n) is 2.68. The molecule has 1 atom stereocenters. The molecule has 116 valence electrons. The van der Waals surface area contributed by atoms with E-state index in [1.54, 1.807) is 0 Å². The van der Waals surface area contributed by atoms with Crippen molar-refractivity contribution in [3.63, 3.8) is 0 Å². The molecule has 0 fully saturated rings. The van der Waals surface area contributed by atoms with Crippen LogP contribution < -0.4 is 16.0 Å². The maximum Gasteiger partial charge on any atom is 0.253 e. The smallest absolute Gasteiger partial charge is 0.253 e. The first-order valence-electron chi connectivity index (χ1n) is 7.79. The number of amides is 1. The summed E-state index contributed by atoms with van der Waals surface area (Å²) in [6.45, 7) is 10.9. The Hall–Kier alpha value is -1.75. The molecule has 1 amide bonds. The van der Waals surface area contributed by atoms with Gasteiger partial charge in [-0.15, -0.1) is 0 Å². The van der Waals surface area contributed by atoms with E-state index < -0.39 is 0 Å². The maximum absolute atomic E-state index is 12.5. The first kappa shape index (κ1) is 15.6. The molecule has 0 aromatic heterocycles. The molecule has 1 aliphatic rings. The molecule has 0 aliphatic carbocycles. The van der Waals surface area contributed by atoms with Crippen LogP contribution in [0.4, 0.5) is 11.4 Å². The number of hydrogen-bond acceptors (Lipinski definition) is 4. The van der Waals surface area contributed by atoms with Gasteiger partial charge >= 0.3 is 0 Å². The van der Waals surface area contributed by atoms with Crippen molar-refractivity contribution < 1.29 is 4.79 Å². The topological polar surface area (TPSA) is 56.4 Å². The highest BCUT2D eigenvalue weighted by Gasteiger charge is 2.18. The first-order valence-corrected chi connectivity index (χ1v) is 7.79. The second kappa shape index (κ2) is 7.31. The SMILES string of the molecule is CCN(CC)CC(C)NC(=O)c1cccc2c1NCCN2. The molecule has 5 nitrogen and oxygen atoms in total. The highest BCUT2D eigenvalue weighted by atomic mass is 16.1. The van der Waals surface area contributed by atoms with Crippen molar-refractivity contribution in [3.05, 3.63) is 23.8 Å². The summed E-state index contributed by atoms with van der Waals surface area (Å²) in [6, 6.07) is 5.92. The Morgan fingerprint density at radius 3 is 2.71 bits per heavy atom. The van der Waals surface area contributed by atoms with Gasteiger partial charge in [-0.25, -0.2) is 0 Å². The maximum atomic E-state index is 12.5. The normalized spacial score (nSPS) is 14.9. The molecular formula is C16H26N4O.